The smallest absolute Gasteiger partial charge is 0.275 e. The van der Waals surface area contributed by atoms with Gasteiger partial charge in [0.1, 0.15) is 0 Å². The topological polar surface area (TPSA) is 54.1 Å². The molecule has 4 nitrogen and oxygen atoms in total. The Morgan fingerprint density at radius 3 is 2.67 bits per heavy atom. The van der Waals surface area contributed by atoms with E-state index in [9.17, 15) is 18.0 Å². The molecule has 0 N–H and O–H groups in total. The first-order valence-corrected chi connectivity index (χ1v) is 3.97. The molecule has 0 saturated heterocycles. The number of dihydropyridines is 1. The molecule has 0 aliphatic carbocycles. The summed E-state index contributed by atoms with van der Waals surface area (Å²) in [5, 5.41) is 5.79. The highest BCUT2D eigenvalue weighted by Gasteiger charge is 2.42. The lowest BCUT2D eigenvalue weighted by Gasteiger charge is -2.19. The third-order valence-electron chi connectivity index (χ3n) is 1.92. The summed E-state index contributed by atoms with van der Waals surface area (Å²) in [6.07, 6.45) is -0.849. The number of halogens is 3. The van der Waals surface area contributed by atoms with Crippen molar-refractivity contribution in [3.05, 3.63) is 23.4 Å². The number of nitrogens with zero attached hydrogens (tertiary/aromatic N) is 3. The first kappa shape index (κ1) is 9.75. The zero-order valence-electron chi connectivity index (χ0n) is 7.19. The molecule has 1 amide bonds. The maximum atomic E-state index is 12.4. The predicted molar refractivity (Wildman–Crippen MR) is 44.4 cm³/mol. The van der Waals surface area contributed by atoms with Crippen LogP contribution < -0.4 is 0 Å². The van der Waals surface area contributed by atoms with E-state index in [1.807, 2.05) is 0 Å². The minimum atomic E-state index is -4.62. The number of alkyl halides is 3. The monoisotopic (exact) mass is 215 g/mol. The average Bonchev–Trinajstić information content (AvgIpc) is 2.17. The molecule has 0 fully saturated rings. The summed E-state index contributed by atoms with van der Waals surface area (Å²) in [5.41, 5.74) is -1.40. The zero-order valence-corrected chi connectivity index (χ0v) is 7.19. The molecule has 2 rings (SSSR count). The molecule has 0 radical (unpaired) electrons. The summed E-state index contributed by atoms with van der Waals surface area (Å²) in [6, 6.07) is -1.19. The lowest BCUT2D eigenvalue weighted by atomic mass is 10.0. The van der Waals surface area contributed by atoms with E-state index in [0.717, 1.165) is 0 Å². The van der Waals surface area contributed by atoms with Crippen LogP contribution in [0.4, 0.5) is 13.2 Å². The molecule has 0 aromatic rings. The van der Waals surface area contributed by atoms with Crippen molar-refractivity contribution in [2.24, 2.45) is 15.2 Å². The predicted octanol–water partition coefficient (Wildman–Crippen LogP) is 1.80. The van der Waals surface area contributed by atoms with Crippen molar-refractivity contribution in [1.82, 2.24) is 0 Å². The van der Waals surface area contributed by atoms with E-state index >= 15 is 0 Å². The van der Waals surface area contributed by atoms with Crippen LogP contribution in [-0.2, 0) is 4.79 Å². The zero-order chi connectivity index (χ0) is 11.1. The van der Waals surface area contributed by atoms with E-state index in [0.29, 0.717) is 0 Å². The molecule has 2 heterocycles. The number of allylic oxidation sites excluding steroid dienone is 2. The Morgan fingerprint density at radius 2 is 2.00 bits per heavy atom. The second kappa shape index (κ2) is 3.11. The summed E-state index contributed by atoms with van der Waals surface area (Å²) in [4.78, 5) is 14.7. The van der Waals surface area contributed by atoms with Crippen LogP contribution in [0.15, 0.2) is 38.6 Å². The Hall–Kier alpha value is -1.79. The first-order chi connectivity index (χ1) is 7.00. The van der Waals surface area contributed by atoms with Crippen molar-refractivity contribution < 1.29 is 18.0 Å². The number of fused-ring (bicyclic) bond motifs is 1. The van der Waals surface area contributed by atoms with E-state index < -0.39 is 23.8 Å². The summed E-state index contributed by atoms with van der Waals surface area (Å²) in [6.45, 7) is 0. The SMILES string of the molecule is O=C1N=NC(C(F)(F)F)=C2C=CC=NC12. The van der Waals surface area contributed by atoms with Crippen LogP contribution in [0.25, 0.3) is 0 Å². The summed E-state index contributed by atoms with van der Waals surface area (Å²) in [7, 11) is 0. The summed E-state index contributed by atoms with van der Waals surface area (Å²) < 4.78 is 37.3. The van der Waals surface area contributed by atoms with Gasteiger partial charge in [-0.3, -0.25) is 9.79 Å². The van der Waals surface area contributed by atoms with Crippen LogP contribution >= 0.6 is 0 Å². The number of azo groups is 1. The van der Waals surface area contributed by atoms with E-state index in [4.69, 9.17) is 0 Å². The van der Waals surface area contributed by atoms with Gasteiger partial charge in [-0.15, -0.1) is 10.2 Å². The number of hydrogen-bond donors (Lipinski definition) is 0. The average molecular weight is 215 g/mol. The highest BCUT2D eigenvalue weighted by Crippen LogP contribution is 2.35. The van der Waals surface area contributed by atoms with Gasteiger partial charge < -0.3 is 0 Å². The highest BCUT2D eigenvalue weighted by atomic mass is 19.4. The summed E-state index contributed by atoms with van der Waals surface area (Å²) in [5.74, 6) is -0.779. The highest BCUT2D eigenvalue weighted by molar-refractivity contribution is 5.91. The van der Waals surface area contributed by atoms with Crippen LogP contribution in [0.5, 0.6) is 0 Å². The molecule has 0 bridgehead atoms. The fraction of sp³-hybridized carbons (Fsp3) is 0.250. The second-order valence-electron chi connectivity index (χ2n) is 2.90. The second-order valence-corrected chi connectivity index (χ2v) is 2.90. The Morgan fingerprint density at radius 1 is 1.27 bits per heavy atom. The summed E-state index contributed by atoms with van der Waals surface area (Å²) >= 11 is 0. The number of hydrogen-bond acceptors (Lipinski definition) is 3. The maximum Gasteiger partial charge on any atom is 0.435 e. The minimum Gasteiger partial charge on any atom is -0.275 e. The molecule has 7 heteroatoms. The molecular formula is C8H4F3N3O. The largest absolute Gasteiger partial charge is 0.435 e. The molecular weight excluding hydrogens is 211 g/mol. The van der Waals surface area contributed by atoms with Gasteiger partial charge in [-0.25, -0.2) is 0 Å². The number of amides is 1. The maximum absolute atomic E-state index is 12.4. The lowest BCUT2D eigenvalue weighted by Crippen LogP contribution is -2.28. The minimum absolute atomic E-state index is 0.245. The van der Waals surface area contributed by atoms with Crippen LogP contribution in [0.2, 0.25) is 0 Å². The van der Waals surface area contributed by atoms with Crippen LogP contribution in [0, 0.1) is 0 Å². The standard InChI is InChI=1S/C8H4F3N3O/c9-8(10,11)6-4-2-1-3-12-5(4)7(15)14-13-6/h1-3,5H. The van der Waals surface area contributed by atoms with Crippen molar-refractivity contribution in [3.63, 3.8) is 0 Å². The Labute approximate surface area is 81.9 Å². The van der Waals surface area contributed by atoms with Crippen molar-refractivity contribution in [3.8, 4) is 0 Å². The first-order valence-electron chi connectivity index (χ1n) is 3.97. The van der Waals surface area contributed by atoms with Crippen LogP contribution in [-0.4, -0.2) is 24.3 Å². The van der Waals surface area contributed by atoms with Gasteiger partial charge in [0.15, 0.2) is 11.7 Å². The Balaban J connectivity index is 2.54. The quantitative estimate of drug-likeness (QED) is 0.607. The van der Waals surface area contributed by atoms with Crippen molar-refractivity contribution in [1.29, 1.82) is 0 Å². The van der Waals surface area contributed by atoms with Crippen molar-refractivity contribution in [2.75, 3.05) is 0 Å². The van der Waals surface area contributed by atoms with Crippen LogP contribution in [0.3, 0.4) is 0 Å². The van der Waals surface area contributed by atoms with Gasteiger partial charge in [-0.2, -0.15) is 13.2 Å². The van der Waals surface area contributed by atoms with E-state index in [1.165, 1.54) is 18.4 Å². The molecule has 1 unspecified atom stereocenters. The molecule has 1 atom stereocenters. The van der Waals surface area contributed by atoms with Gasteiger partial charge in [0.05, 0.1) is 0 Å². The molecule has 0 spiro atoms. The fourth-order valence-electron chi connectivity index (χ4n) is 1.29. The third-order valence-corrected chi connectivity index (χ3v) is 1.92. The molecule has 0 aromatic heterocycles. The molecule has 2 aliphatic rings. The molecule has 2 aliphatic heterocycles. The molecule has 78 valence electrons. The molecule has 15 heavy (non-hydrogen) atoms. The van der Waals surface area contributed by atoms with Gasteiger partial charge in [-0.05, 0) is 6.08 Å². The Bertz CT molecular complexity index is 431. The lowest BCUT2D eigenvalue weighted by molar-refractivity contribution is -0.120. The number of rotatable bonds is 0. The fourth-order valence-corrected chi connectivity index (χ4v) is 1.29. The van der Waals surface area contributed by atoms with Gasteiger partial charge in [0.25, 0.3) is 5.91 Å². The van der Waals surface area contributed by atoms with Crippen LogP contribution in [0.1, 0.15) is 0 Å². The van der Waals surface area contributed by atoms with E-state index in [-0.39, 0.29) is 5.57 Å². The molecule has 0 saturated carbocycles. The van der Waals surface area contributed by atoms with Gasteiger partial charge in [-0.1, -0.05) is 6.08 Å². The van der Waals surface area contributed by atoms with E-state index in [2.05, 4.69) is 15.2 Å². The van der Waals surface area contributed by atoms with Crippen molar-refractivity contribution in [2.45, 2.75) is 12.2 Å². The molecule has 0 aromatic carbocycles. The number of carbonyl (C=O) groups excluding carboxylic acids is 1. The normalized spacial score (nSPS) is 24.7. The van der Waals surface area contributed by atoms with Gasteiger partial charge in [0.2, 0.25) is 0 Å². The number of carbonyl (C=O) groups is 1. The van der Waals surface area contributed by atoms with E-state index in [1.54, 1.807) is 0 Å². The van der Waals surface area contributed by atoms with Gasteiger partial charge >= 0.3 is 6.18 Å². The van der Waals surface area contributed by atoms with Crippen molar-refractivity contribution >= 4 is 12.1 Å². The third kappa shape index (κ3) is 1.60. The van der Waals surface area contributed by atoms with Gasteiger partial charge in [0, 0.05) is 11.8 Å². The number of aliphatic imine (C=N–C) groups is 1. The Kier molecular flexibility index (Phi) is 2.02.